The normalized spacial score (nSPS) is 31.2. The monoisotopic (exact) mass is 627 g/mol. The van der Waals surface area contributed by atoms with E-state index in [0.717, 1.165) is 6.08 Å². The van der Waals surface area contributed by atoms with Crippen molar-refractivity contribution in [3.63, 3.8) is 0 Å². The number of ether oxygens (including phenoxy) is 3. The molecule has 6 atom stereocenters. The maximum absolute atomic E-state index is 13.4. The van der Waals surface area contributed by atoms with Crippen molar-refractivity contribution in [2.75, 3.05) is 20.8 Å². The van der Waals surface area contributed by atoms with E-state index in [4.69, 9.17) is 19.9 Å². The molecule has 2 bridgehead atoms. The number of amides is 2. The average molecular weight is 628 g/mol. The Morgan fingerprint density at radius 1 is 1.16 bits per heavy atom. The Hall–Kier alpha value is -3.75. The molecular formula is C30H40F3N3O8. The van der Waals surface area contributed by atoms with Gasteiger partial charge in [0.05, 0.1) is 23.6 Å². The zero-order chi connectivity index (χ0) is 33.4. The van der Waals surface area contributed by atoms with E-state index >= 15 is 0 Å². The van der Waals surface area contributed by atoms with E-state index in [0.29, 0.717) is 5.57 Å². The van der Waals surface area contributed by atoms with Gasteiger partial charge in [-0.05, 0) is 38.2 Å². The molecule has 1 aliphatic heterocycles. The second-order valence-corrected chi connectivity index (χ2v) is 10.9. The van der Waals surface area contributed by atoms with Gasteiger partial charge in [-0.25, -0.2) is 4.79 Å². The van der Waals surface area contributed by atoms with Crippen LogP contribution in [0.3, 0.4) is 0 Å². The van der Waals surface area contributed by atoms with Crippen molar-refractivity contribution in [1.82, 2.24) is 10.6 Å². The Morgan fingerprint density at radius 3 is 2.39 bits per heavy atom. The number of allylic oxidation sites excluding steroid dienone is 4. The molecular weight excluding hydrogens is 587 g/mol. The van der Waals surface area contributed by atoms with E-state index in [1.54, 1.807) is 26.8 Å². The van der Waals surface area contributed by atoms with Crippen molar-refractivity contribution >= 4 is 23.6 Å². The van der Waals surface area contributed by atoms with Crippen LogP contribution in [-0.2, 0) is 28.6 Å². The number of methoxy groups -OCH3 is 2. The smallest absolute Gasteiger partial charge is 0.405 e. The largest absolute Gasteiger partial charge is 0.439 e. The van der Waals surface area contributed by atoms with E-state index in [1.807, 2.05) is 5.32 Å². The molecule has 0 fully saturated rings. The van der Waals surface area contributed by atoms with Crippen molar-refractivity contribution in [2.45, 2.75) is 71.1 Å². The van der Waals surface area contributed by atoms with Gasteiger partial charge in [0.1, 0.15) is 12.6 Å². The zero-order valence-electron chi connectivity index (χ0n) is 25.5. The highest BCUT2D eigenvalue weighted by Gasteiger charge is 2.35. The second kappa shape index (κ2) is 15.8. The van der Waals surface area contributed by atoms with Crippen LogP contribution in [0, 0.1) is 11.8 Å². The number of halogens is 3. The average Bonchev–Trinajstić information content (AvgIpc) is 2.93. The Bertz CT molecular complexity index is 1270. The molecule has 0 saturated carbocycles. The molecule has 2 rings (SSSR count). The van der Waals surface area contributed by atoms with E-state index in [-0.39, 0.29) is 24.0 Å². The van der Waals surface area contributed by atoms with E-state index in [2.05, 4.69) is 5.32 Å². The first kappa shape index (κ1) is 36.4. The third-order valence-electron chi connectivity index (χ3n) is 7.26. The van der Waals surface area contributed by atoms with Crippen molar-refractivity contribution in [3.8, 4) is 0 Å². The van der Waals surface area contributed by atoms with Crippen LogP contribution in [0.15, 0.2) is 58.5 Å². The van der Waals surface area contributed by atoms with Crippen molar-refractivity contribution in [2.24, 2.45) is 17.6 Å². The lowest BCUT2D eigenvalue weighted by molar-refractivity contribution is -0.125. The number of carbonyl (C=O) groups excluding carboxylic acids is 4. The SMILES string of the molecule is CO[C@H]1/C=C\C=C(/C)C(=O)NC2=CC(=O)C(NCC(F)(F)F)=C(C[C@@H](C)C[C@H](OC)[C@H](O)[C@@H](C)/C=C(\C)[C@@H]1OC(N)=O)C2=O. The molecule has 2 aliphatic rings. The number of nitrogens with two attached hydrogens (primary N) is 1. The predicted octanol–water partition coefficient (Wildman–Crippen LogP) is 2.91. The van der Waals surface area contributed by atoms with Crippen molar-refractivity contribution in [1.29, 1.82) is 0 Å². The zero-order valence-corrected chi connectivity index (χ0v) is 25.5. The van der Waals surface area contributed by atoms with Gasteiger partial charge in [-0.3, -0.25) is 14.4 Å². The summed E-state index contributed by atoms with van der Waals surface area (Å²) in [4.78, 5) is 51.0. The van der Waals surface area contributed by atoms with Gasteiger partial charge in [0.2, 0.25) is 11.6 Å². The van der Waals surface area contributed by atoms with Crippen LogP contribution in [0.1, 0.15) is 40.5 Å². The van der Waals surface area contributed by atoms with Crippen LogP contribution in [0.5, 0.6) is 0 Å². The highest BCUT2D eigenvalue weighted by Crippen LogP contribution is 2.29. The van der Waals surface area contributed by atoms with Gasteiger partial charge >= 0.3 is 12.3 Å². The fourth-order valence-electron chi connectivity index (χ4n) is 4.97. The summed E-state index contributed by atoms with van der Waals surface area (Å²) in [5.41, 5.74) is 4.78. The molecule has 0 unspecified atom stereocenters. The van der Waals surface area contributed by atoms with Gasteiger partial charge in [0, 0.05) is 37.4 Å². The fraction of sp³-hybridized carbons (Fsp3) is 0.533. The Labute approximate surface area is 254 Å². The van der Waals surface area contributed by atoms with Gasteiger partial charge in [0.25, 0.3) is 5.91 Å². The number of nitrogens with one attached hydrogen (secondary N) is 2. The lowest BCUT2D eigenvalue weighted by Crippen LogP contribution is -2.39. The lowest BCUT2D eigenvalue weighted by atomic mass is 9.85. The molecule has 0 aromatic heterocycles. The lowest BCUT2D eigenvalue weighted by Gasteiger charge is -2.30. The minimum absolute atomic E-state index is 0.106. The quantitative estimate of drug-likeness (QED) is 0.265. The van der Waals surface area contributed by atoms with Crippen LogP contribution in [0.25, 0.3) is 0 Å². The summed E-state index contributed by atoms with van der Waals surface area (Å²) in [6, 6.07) is 0. The first-order valence-electron chi connectivity index (χ1n) is 13.9. The molecule has 2 amide bonds. The number of hydrogen-bond acceptors (Lipinski definition) is 9. The molecule has 0 radical (unpaired) electrons. The standard InChI is InChI=1S/C30H40F3N3O8/c1-15-10-19-24(35-14-30(31,32)33)21(37)13-20(26(19)39)36-28(40)16(2)8-7-9-22(42-5)27(44-29(34)41)18(4)12-17(3)25(38)23(11-15)43-6/h7-9,12-13,15,17,22-23,25,27,35,38H,10-11,14H2,1-6H3,(H2,34,41)(H,36,40)/b9-7-,16-8+,18-12+/t15-,17+,22+,23+,25-,27+/m1/s1. The molecule has 14 heteroatoms. The Morgan fingerprint density at radius 2 is 1.82 bits per heavy atom. The van der Waals surface area contributed by atoms with E-state index in [1.165, 1.54) is 39.4 Å². The number of aliphatic hydroxyl groups is 1. The highest BCUT2D eigenvalue weighted by atomic mass is 19.4. The van der Waals surface area contributed by atoms with Crippen LogP contribution in [0.4, 0.5) is 18.0 Å². The molecule has 1 aliphatic carbocycles. The molecule has 1 heterocycles. The van der Waals surface area contributed by atoms with Gasteiger partial charge in [-0.2, -0.15) is 13.2 Å². The summed E-state index contributed by atoms with van der Waals surface area (Å²) < 4.78 is 55.4. The number of hydrogen-bond donors (Lipinski definition) is 4. The van der Waals surface area contributed by atoms with Crippen molar-refractivity contribution < 1.29 is 51.7 Å². The predicted molar refractivity (Wildman–Crippen MR) is 154 cm³/mol. The summed E-state index contributed by atoms with van der Waals surface area (Å²) >= 11 is 0. The van der Waals surface area contributed by atoms with Crippen LogP contribution in [0.2, 0.25) is 0 Å². The molecule has 5 N–H and O–H groups in total. The molecule has 0 saturated heterocycles. The van der Waals surface area contributed by atoms with Gasteiger partial charge in [-0.1, -0.05) is 38.2 Å². The molecule has 244 valence electrons. The first-order valence-corrected chi connectivity index (χ1v) is 13.9. The third kappa shape index (κ3) is 10.2. The number of fused-ring (bicyclic) bond motifs is 2. The van der Waals surface area contributed by atoms with E-state index < -0.39 is 83.9 Å². The first-order chi connectivity index (χ1) is 20.5. The van der Waals surface area contributed by atoms with Crippen LogP contribution in [-0.4, -0.2) is 80.0 Å². The Kier molecular flexibility index (Phi) is 13.1. The molecule has 0 aromatic carbocycles. The summed E-state index contributed by atoms with van der Waals surface area (Å²) in [5, 5.41) is 15.6. The number of aliphatic hydroxyl groups excluding tert-OH is 1. The number of rotatable bonds is 5. The van der Waals surface area contributed by atoms with Gasteiger partial charge < -0.3 is 35.7 Å². The molecule has 44 heavy (non-hydrogen) atoms. The fourth-order valence-corrected chi connectivity index (χ4v) is 4.97. The van der Waals surface area contributed by atoms with Crippen LogP contribution < -0.4 is 16.4 Å². The molecule has 0 spiro atoms. The number of ketones is 2. The Balaban J connectivity index is 2.63. The summed E-state index contributed by atoms with van der Waals surface area (Å²) in [7, 11) is 2.75. The summed E-state index contributed by atoms with van der Waals surface area (Å²) in [6.45, 7) is 4.95. The maximum Gasteiger partial charge on any atom is 0.405 e. The van der Waals surface area contributed by atoms with Crippen molar-refractivity contribution in [3.05, 3.63) is 58.5 Å². The summed E-state index contributed by atoms with van der Waals surface area (Å²) in [6.07, 6.45) is -2.70. The van der Waals surface area contributed by atoms with Crippen LogP contribution >= 0.6 is 0 Å². The highest BCUT2D eigenvalue weighted by molar-refractivity contribution is 6.23. The number of primary amides is 1. The number of carbonyl (C=O) groups is 4. The third-order valence-corrected chi connectivity index (χ3v) is 7.26. The van der Waals surface area contributed by atoms with Gasteiger partial charge in [-0.15, -0.1) is 0 Å². The minimum atomic E-state index is -4.67. The van der Waals surface area contributed by atoms with E-state index in [9.17, 15) is 37.5 Å². The summed E-state index contributed by atoms with van der Waals surface area (Å²) in [5.74, 6) is -3.50. The molecule has 11 nitrogen and oxygen atoms in total. The van der Waals surface area contributed by atoms with Gasteiger partial charge in [0.15, 0.2) is 6.10 Å². The number of Topliss-reactive ketones (excluding diaryl/α,β-unsaturated/α-hetero) is 1. The minimum Gasteiger partial charge on any atom is -0.439 e. The second-order valence-electron chi connectivity index (χ2n) is 10.9. The number of alkyl halides is 3. The molecule has 0 aromatic rings. The topological polar surface area (TPSA) is 166 Å². The maximum atomic E-state index is 13.4.